The highest BCUT2D eigenvalue weighted by molar-refractivity contribution is 6.02. The quantitative estimate of drug-likeness (QED) is 0.748. The van der Waals surface area contributed by atoms with Crippen LogP contribution in [-0.2, 0) is 11.2 Å². The maximum absolute atomic E-state index is 12.4. The molecule has 0 saturated heterocycles. The Kier molecular flexibility index (Phi) is 5.29. The third-order valence-electron chi connectivity index (χ3n) is 4.25. The zero-order chi connectivity index (χ0) is 17.0. The Hall–Kier alpha value is -2.04. The van der Waals surface area contributed by atoms with Crippen LogP contribution in [0.2, 0.25) is 0 Å². The third-order valence-corrected chi connectivity index (χ3v) is 4.25. The number of carboxylic acid groups (broad SMARTS) is 1. The standard InChI is InChI=1S/C18H24O5/c1-3-4-5-6-12-9-13(19)17-14(20)11-18(2,8-7-16(21)22)23-15(17)10-12/h9-10,19H,3-8,11H2,1-2H3,(H,21,22). The number of Topliss-reactive ketones (excluding diaryl/α,β-unsaturated/α-hetero) is 1. The van der Waals surface area contributed by atoms with Crippen molar-refractivity contribution in [2.45, 2.75) is 64.4 Å². The number of aromatic hydroxyl groups is 1. The van der Waals surface area contributed by atoms with E-state index in [-0.39, 0.29) is 36.4 Å². The molecule has 0 spiro atoms. The van der Waals surface area contributed by atoms with Crippen molar-refractivity contribution in [3.8, 4) is 11.5 Å². The van der Waals surface area contributed by atoms with Crippen molar-refractivity contribution in [2.75, 3.05) is 0 Å². The van der Waals surface area contributed by atoms with E-state index in [0.717, 1.165) is 31.2 Å². The van der Waals surface area contributed by atoms with Crippen molar-refractivity contribution in [1.29, 1.82) is 0 Å². The van der Waals surface area contributed by atoms with Gasteiger partial charge in [-0.15, -0.1) is 0 Å². The van der Waals surface area contributed by atoms with Crippen molar-refractivity contribution < 1.29 is 24.5 Å². The van der Waals surface area contributed by atoms with Gasteiger partial charge in [-0.2, -0.15) is 0 Å². The van der Waals surface area contributed by atoms with Gasteiger partial charge in [0.1, 0.15) is 22.7 Å². The van der Waals surface area contributed by atoms with Crippen molar-refractivity contribution in [1.82, 2.24) is 0 Å². The van der Waals surface area contributed by atoms with Crippen LogP contribution in [0.1, 0.15) is 68.3 Å². The minimum absolute atomic E-state index is 0.0423. The van der Waals surface area contributed by atoms with Gasteiger partial charge in [-0.3, -0.25) is 9.59 Å². The van der Waals surface area contributed by atoms with Crippen molar-refractivity contribution in [2.24, 2.45) is 0 Å². The van der Waals surface area contributed by atoms with E-state index in [0.29, 0.717) is 5.75 Å². The van der Waals surface area contributed by atoms with Crippen molar-refractivity contribution >= 4 is 11.8 Å². The minimum Gasteiger partial charge on any atom is -0.507 e. The Morgan fingerprint density at radius 2 is 2.09 bits per heavy atom. The summed E-state index contributed by atoms with van der Waals surface area (Å²) in [4.78, 5) is 23.1. The molecule has 1 atom stereocenters. The highest BCUT2D eigenvalue weighted by Gasteiger charge is 2.38. The molecule has 0 bridgehead atoms. The van der Waals surface area contributed by atoms with Crippen molar-refractivity contribution in [3.05, 3.63) is 23.3 Å². The van der Waals surface area contributed by atoms with Gasteiger partial charge in [0.15, 0.2) is 5.78 Å². The molecule has 1 aromatic rings. The third kappa shape index (κ3) is 4.24. The van der Waals surface area contributed by atoms with Crippen LogP contribution in [-0.4, -0.2) is 27.6 Å². The number of carbonyl (C=O) groups is 2. The average molecular weight is 320 g/mol. The summed E-state index contributed by atoms with van der Waals surface area (Å²) in [5.74, 6) is -0.777. The summed E-state index contributed by atoms with van der Waals surface area (Å²) in [5.41, 5.74) is 0.318. The van der Waals surface area contributed by atoms with Gasteiger partial charge < -0.3 is 14.9 Å². The number of rotatable bonds is 7. The molecule has 0 aromatic heterocycles. The number of carbonyl (C=O) groups excluding carboxylic acids is 1. The van der Waals surface area contributed by atoms with Gasteiger partial charge in [0.2, 0.25) is 0 Å². The van der Waals surface area contributed by atoms with Crippen LogP contribution in [0.5, 0.6) is 11.5 Å². The average Bonchev–Trinajstić information content (AvgIpc) is 2.44. The lowest BCUT2D eigenvalue weighted by Crippen LogP contribution is -2.39. The predicted octanol–water partition coefficient (Wildman–Crippen LogP) is 3.71. The first-order valence-electron chi connectivity index (χ1n) is 8.14. The molecular weight excluding hydrogens is 296 g/mol. The Morgan fingerprint density at radius 3 is 2.74 bits per heavy atom. The second-order valence-electron chi connectivity index (χ2n) is 6.49. The Labute approximate surface area is 136 Å². The van der Waals surface area contributed by atoms with Crippen LogP contribution < -0.4 is 4.74 Å². The molecule has 1 unspecified atom stereocenters. The predicted molar refractivity (Wildman–Crippen MR) is 86.2 cm³/mol. The van der Waals surface area contributed by atoms with Gasteiger partial charge >= 0.3 is 5.97 Å². The summed E-state index contributed by atoms with van der Waals surface area (Å²) in [6.45, 7) is 3.87. The number of phenols is 1. The second-order valence-corrected chi connectivity index (χ2v) is 6.49. The van der Waals surface area contributed by atoms with E-state index in [1.54, 1.807) is 19.1 Å². The first kappa shape index (κ1) is 17.3. The molecule has 0 aliphatic carbocycles. The molecule has 0 saturated carbocycles. The second kappa shape index (κ2) is 7.02. The van der Waals surface area contributed by atoms with Gasteiger partial charge in [0.05, 0.1) is 6.42 Å². The van der Waals surface area contributed by atoms with E-state index in [4.69, 9.17) is 9.84 Å². The zero-order valence-electron chi connectivity index (χ0n) is 13.7. The summed E-state index contributed by atoms with van der Waals surface area (Å²) < 4.78 is 5.92. The Morgan fingerprint density at radius 1 is 1.35 bits per heavy atom. The number of hydrogen-bond donors (Lipinski definition) is 2. The molecule has 5 nitrogen and oxygen atoms in total. The van der Waals surface area contributed by atoms with Crippen LogP contribution in [0.3, 0.4) is 0 Å². The molecule has 2 N–H and O–H groups in total. The van der Waals surface area contributed by atoms with Crippen LogP contribution in [0, 0.1) is 0 Å². The minimum atomic E-state index is -0.913. The molecule has 0 fully saturated rings. The summed E-state index contributed by atoms with van der Waals surface area (Å²) in [7, 11) is 0. The van der Waals surface area contributed by atoms with Gasteiger partial charge in [0, 0.05) is 6.42 Å². The van der Waals surface area contributed by atoms with Crippen LogP contribution in [0.15, 0.2) is 12.1 Å². The smallest absolute Gasteiger partial charge is 0.303 e. The topological polar surface area (TPSA) is 83.8 Å². The molecule has 0 radical (unpaired) electrons. The number of aryl methyl sites for hydroxylation is 1. The summed E-state index contributed by atoms with van der Waals surface area (Å²) in [6.07, 6.45) is 4.33. The number of hydrogen-bond acceptors (Lipinski definition) is 4. The molecule has 5 heteroatoms. The number of ketones is 1. The fraction of sp³-hybridized carbons (Fsp3) is 0.556. The summed E-state index contributed by atoms with van der Waals surface area (Å²) >= 11 is 0. The fourth-order valence-corrected chi connectivity index (χ4v) is 2.98. The maximum atomic E-state index is 12.4. The van der Waals surface area contributed by atoms with E-state index in [1.165, 1.54) is 0 Å². The molecule has 1 aromatic carbocycles. The van der Waals surface area contributed by atoms with E-state index >= 15 is 0 Å². The maximum Gasteiger partial charge on any atom is 0.303 e. The van der Waals surface area contributed by atoms with E-state index < -0.39 is 11.6 Å². The lowest BCUT2D eigenvalue weighted by molar-refractivity contribution is -0.138. The van der Waals surface area contributed by atoms with E-state index in [9.17, 15) is 14.7 Å². The van der Waals surface area contributed by atoms with Gasteiger partial charge in [-0.05, 0) is 43.9 Å². The van der Waals surface area contributed by atoms with Crippen LogP contribution >= 0.6 is 0 Å². The molecule has 126 valence electrons. The molecule has 0 amide bonds. The number of fused-ring (bicyclic) bond motifs is 1. The highest BCUT2D eigenvalue weighted by Crippen LogP contribution is 2.40. The van der Waals surface area contributed by atoms with Crippen LogP contribution in [0.4, 0.5) is 0 Å². The Balaban J connectivity index is 2.23. The molecule has 1 aliphatic rings. The molecule has 1 aliphatic heterocycles. The number of ether oxygens (including phenoxy) is 1. The van der Waals surface area contributed by atoms with Gasteiger partial charge in [-0.25, -0.2) is 0 Å². The monoisotopic (exact) mass is 320 g/mol. The van der Waals surface area contributed by atoms with Crippen LogP contribution in [0.25, 0.3) is 0 Å². The first-order valence-corrected chi connectivity index (χ1v) is 8.14. The lowest BCUT2D eigenvalue weighted by atomic mass is 9.87. The van der Waals surface area contributed by atoms with Crippen molar-refractivity contribution in [3.63, 3.8) is 0 Å². The molecule has 23 heavy (non-hydrogen) atoms. The number of unbranched alkanes of at least 4 members (excludes halogenated alkanes) is 2. The van der Waals surface area contributed by atoms with Gasteiger partial charge in [0.25, 0.3) is 0 Å². The SMILES string of the molecule is CCCCCc1cc(O)c2c(c1)OC(C)(CCC(=O)O)CC2=O. The number of benzene rings is 1. The normalized spacial score (nSPS) is 20.0. The Bertz CT molecular complexity index is 608. The largest absolute Gasteiger partial charge is 0.507 e. The number of aliphatic carboxylic acids is 1. The van der Waals surface area contributed by atoms with E-state index in [2.05, 4.69) is 6.92 Å². The fourth-order valence-electron chi connectivity index (χ4n) is 2.98. The summed E-state index contributed by atoms with van der Waals surface area (Å²) in [5, 5.41) is 19.0. The molecule has 2 rings (SSSR count). The number of carboxylic acids is 1. The first-order chi connectivity index (χ1) is 10.8. The van der Waals surface area contributed by atoms with Gasteiger partial charge in [-0.1, -0.05) is 19.8 Å². The lowest BCUT2D eigenvalue weighted by Gasteiger charge is -2.35. The summed E-state index contributed by atoms with van der Waals surface area (Å²) in [6, 6.07) is 3.44. The molecular formula is C18H24O5. The molecule has 1 heterocycles. The number of phenolic OH excluding ortho intramolecular Hbond substituents is 1. The zero-order valence-corrected chi connectivity index (χ0v) is 13.7. The van der Waals surface area contributed by atoms with E-state index in [1.807, 2.05) is 0 Å². The highest BCUT2D eigenvalue weighted by atomic mass is 16.5.